The van der Waals surface area contributed by atoms with Crippen molar-refractivity contribution < 1.29 is 28.6 Å². The van der Waals surface area contributed by atoms with Crippen molar-refractivity contribution in [2.75, 3.05) is 0 Å². The molecule has 28 heavy (non-hydrogen) atoms. The molecule has 2 saturated carbocycles. The highest BCUT2D eigenvalue weighted by Crippen LogP contribution is 2.70. The monoisotopic (exact) mass is 386 g/mol. The van der Waals surface area contributed by atoms with Crippen LogP contribution < -0.4 is 0 Å². The molecule has 0 aromatic rings. The molecular weight excluding hydrogens is 360 g/mol. The molecule has 0 aromatic heterocycles. The molecular formula is C22H26O6. The third-order valence-corrected chi connectivity index (χ3v) is 7.96. The van der Waals surface area contributed by atoms with Crippen molar-refractivity contribution in [1.82, 2.24) is 0 Å². The highest BCUT2D eigenvalue weighted by atomic mass is 16.6. The molecule has 3 aliphatic carbocycles. The van der Waals surface area contributed by atoms with Crippen molar-refractivity contribution in [1.29, 1.82) is 0 Å². The van der Waals surface area contributed by atoms with Crippen LogP contribution in [0.3, 0.4) is 0 Å². The number of hydrogen-bond acceptors (Lipinski definition) is 6. The van der Waals surface area contributed by atoms with Gasteiger partial charge >= 0.3 is 11.9 Å². The number of rotatable bonds is 1. The van der Waals surface area contributed by atoms with Gasteiger partial charge in [-0.05, 0) is 24.8 Å². The molecule has 1 saturated heterocycles. The first-order valence-electron chi connectivity index (χ1n) is 10.0. The van der Waals surface area contributed by atoms with E-state index in [0.717, 1.165) is 5.57 Å². The van der Waals surface area contributed by atoms with Gasteiger partial charge in [-0.15, -0.1) is 0 Å². The maximum atomic E-state index is 13.3. The largest absolute Gasteiger partial charge is 0.462 e. The summed E-state index contributed by atoms with van der Waals surface area (Å²) in [5, 5.41) is 0. The number of hydrogen-bond donors (Lipinski definition) is 0. The van der Waals surface area contributed by atoms with E-state index in [1.807, 2.05) is 13.0 Å². The molecule has 1 spiro atoms. The standard InChI is InChI=1S/C22H26O6/c1-10-16-12(27-19(10)25)8-14-21(5)15(24)6-7-20(3,4)17(21)13(26-11(2)23)9-22(14)18(16)28-22/h6-7,12-14,17-18H,8-9H2,1-5H3/t12-,13-,14+,17-,18-,21-,22+/m1/s1. The summed E-state index contributed by atoms with van der Waals surface area (Å²) in [5.41, 5.74) is -0.0872. The van der Waals surface area contributed by atoms with E-state index in [0.29, 0.717) is 18.4 Å². The number of carbonyl (C=O) groups excluding carboxylic acids is 3. The third-order valence-electron chi connectivity index (χ3n) is 7.96. The van der Waals surface area contributed by atoms with Crippen LogP contribution in [0.5, 0.6) is 0 Å². The number of epoxide rings is 1. The van der Waals surface area contributed by atoms with Gasteiger partial charge in [0.2, 0.25) is 0 Å². The van der Waals surface area contributed by atoms with Gasteiger partial charge in [0.25, 0.3) is 0 Å². The predicted molar refractivity (Wildman–Crippen MR) is 98.0 cm³/mol. The molecule has 5 rings (SSSR count). The normalized spacial score (nSPS) is 47.5. The number of ether oxygens (including phenoxy) is 3. The molecule has 0 N–H and O–H groups in total. The van der Waals surface area contributed by atoms with Crippen LogP contribution in [-0.2, 0) is 28.6 Å². The summed E-state index contributed by atoms with van der Waals surface area (Å²) in [6, 6.07) is 0. The zero-order valence-electron chi connectivity index (χ0n) is 16.9. The average molecular weight is 386 g/mol. The third kappa shape index (κ3) is 1.99. The Labute approximate surface area is 164 Å². The Morgan fingerprint density at radius 3 is 2.64 bits per heavy atom. The Balaban J connectivity index is 1.66. The van der Waals surface area contributed by atoms with E-state index >= 15 is 0 Å². The minimum Gasteiger partial charge on any atom is -0.462 e. The van der Waals surface area contributed by atoms with E-state index in [4.69, 9.17) is 14.2 Å². The SMILES string of the molecule is CC(=O)O[C@@H]1C[C@@]23O[C@@H]2C2=C(C)C(=O)O[C@@H]2C[C@H]3[C@]2(C)C(=O)C=CC(C)(C)[C@@H]12. The van der Waals surface area contributed by atoms with E-state index in [1.54, 1.807) is 13.0 Å². The fourth-order valence-corrected chi connectivity index (χ4v) is 6.93. The van der Waals surface area contributed by atoms with Crippen LogP contribution in [0.15, 0.2) is 23.3 Å². The number of allylic oxidation sites excluding steroid dienone is 2. The van der Waals surface area contributed by atoms with Gasteiger partial charge in [0, 0.05) is 41.7 Å². The maximum absolute atomic E-state index is 13.3. The first-order chi connectivity index (χ1) is 13.0. The Morgan fingerprint density at radius 1 is 1.25 bits per heavy atom. The second-order valence-corrected chi connectivity index (χ2v) is 9.85. The summed E-state index contributed by atoms with van der Waals surface area (Å²) >= 11 is 0. The fraction of sp³-hybridized carbons (Fsp3) is 0.682. The second-order valence-electron chi connectivity index (χ2n) is 9.85. The van der Waals surface area contributed by atoms with Gasteiger partial charge < -0.3 is 14.2 Å². The number of esters is 2. The molecule has 6 heteroatoms. The van der Waals surface area contributed by atoms with Crippen LogP contribution in [-0.4, -0.2) is 41.6 Å². The summed E-state index contributed by atoms with van der Waals surface area (Å²) < 4.78 is 17.7. The Hall–Kier alpha value is -1.95. The van der Waals surface area contributed by atoms with Crippen molar-refractivity contribution in [2.24, 2.45) is 22.7 Å². The first kappa shape index (κ1) is 18.1. The molecule has 0 unspecified atom stereocenters. The molecule has 0 bridgehead atoms. The lowest BCUT2D eigenvalue weighted by atomic mass is 9.44. The number of fused-ring (bicyclic) bond motifs is 4. The molecule has 6 nitrogen and oxygen atoms in total. The molecule has 2 heterocycles. The molecule has 0 amide bonds. The van der Waals surface area contributed by atoms with Gasteiger partial charge in [-0.1, -0.05) is 26.8 Å². The lowest BCUT2D eigenvalue weighted by Gasteiger charge is -2.59. The molecule has 7 atom stereocenters. The van der Waals surface area contributed by atoms with E-state index in [1.165, 1.54) is 6.92 Å². The Morgan fingerprint density at radius 2 is 1.96 bits per heavy atom. The van der Waals surface area contributed by atoms with Crippen LogP contribution in [0.25, 0.3) is 0 Å². The van der Waals surface area contributed by atoms with Crippen molar-refractivity contribution in [3.05, 3.63) is 23.3 Å². The summed E-state index contributed by atoms with van der Waals surface area (Å²) in [4.78, 5) is 37.4. The van der Waals surface area contributed by atoms with Crippen LogP contribution in [0.4, 0.5) is 0 Å². The Kier molecular flexibility index (Phi) is 3.33. The maximum Gasteiger partial charge on any atom is 0.334 e. The first-order valence-corrected chi connectivity index (χ1v) is 10.0. The number of carbonyl (C=O) groups is 3. The zero-order valence-corrected chi connectivity index (χ0v) is 16.9. The van der Waals surface area contributed by atoms with Crippen molar-refractivity contribution >= 4 is 17.7 Å². The summed E-state index contributed by atoms with van der Waals surface area (Å²) in [6.07, 6.45) is 3.77. The van der Waals surface area contributed by atoms with Gasteiger partial charge in [-0.3, -0.25) is 9.59 Å². The number of ketones is 1. The van der Waals surface area contributed by atoms with Gasteiger partial charge in [0.1, 0.15) is 23.9 Å². The van der Waals surface area contributed by atoms with Crippen molar-refractivity contribution in [3.8, 4) is 0 Å². The van der Waals surface area contributed by atoms with E-state index in [-0.39, 0.29) is 47.2 Å². The smallest absolute Gasteiger partial charge is 0.334 e. The zero-order chi connectivity index (χ0) is 20.2. The van der Waals surface area contributed by atoms with Crippen molar-refractivity contribution in [3.63, 3.8) is 0 Å². The second kappa shape index (κ2) is 5.15. The van der Waals surface area contributed by atoms with E-state index in [9.17, 15) is 14.4 Å². The minimum atomic E-state index is -0.750. The molecule has 0 radical (unpaired) electrons. The summed E-state index contributed by atoms with van der Waals surface area (Å²) in [6.45, 7) is 9.36. The van der Waals surface area contributed by atoms with Gasteiger partial charge in [0.15, 0.2) is 5.78 Å². The quantitative estimate of drug-likeness (QED) is 0.509. The average Bonchev–Trinajstić information content (AvgIpc) is 3.22. The van der Waals surface area contributed by atoms with E-state index in [2.05, 4.69) is 13.8 Å². The van der Waals surface area contributed by atoms with Crippen LogP contribution in [0, 0.1) is 22.7 Å². The van der Waals surface area contributed by atoms with Crippen molar-refractivity contribution in [2.45, 2.75) is 71.4 Å². The lowest BCUT2D eigenvalue weighted by Crippen LogP contribution is -2.65. The van der Waals surface area contributed by atoms with Crippen LogP contribution in [0.2, 0.25) is 0 Å². The van der Waals surface area contributed by atoms with Crippen LogP contribution >= 0.6 is 0 Å². The minimum absolute atomic E-state index is 0.0424. The summed E-state index contributed by atoms with van der Waals surface area (Å²) in [7, 11) is 0. The van der Waals surface area contributed by atoms with Gasteiger partial charge in [-0.25, -0.2) is 4.79 Å². The van der Waals surface area contributed by atoms with Gasteiger partial charge in [0.05, 0.1) is 0 Å². The molecule has 3 fully saturated rings. The molecule has 2 aliphatic heterocycles. The molecule has 5 aliphatic rings. The van der Waals surface area contributed by atoms with Crippen LogP contribution in [0.1, 0.15) is 47.5 Å². The lowest BCUT2D eigenvalue weighted by molar-refractivity contribution is -0.185. The highest BCUT2D eigenvalue weighted by Gasteiger charge is 2.78. The Bertz CT molecular complexity index is 881. The predicted octanol–water partition coefficient (Wildman–Crippen LogP) is 2.51. The fourth-order valence-electron chi connectivity index (χ4n) is 6.93. The highest BCUT2D eigenvalue weighted by molar-refractivity contribution is 5.97. The van der Waals surface area contributed by atoms with E-state index < -0.39 is 17.1 Å². The summed E-state index contributed by atoms with van der Waals surface area (Å²) in [5.74, 6) is -0.851. The molecule has 150 valence electrons. The molecule has 0 aromatic carbocycles. The topological polar surface area (TPSA) is 82.2 Å². The van der Waals surface area contributed by atoms with Gasteiger partial charge in [-0.2, -0.15) is 0 Å².